The van der Waals surface area contributed by atoms with E-state index in [4.69, 9.17) is 23.2 Å². The Morgan fingerprint density at radius 3 is 2.25 bits per heavy atom. The van der Waals surface area contributed by atoms with Gasteiger partial charge in [0.2, 0.25) is 0 Å². The molecule has 0 unspecified atom stereocenters. The highest BCUT2D eigenvalue weighted by molar-refractivity contribution is 6.56. The smallest absolute Gasteiger partial charge is 0.0706 e. The zero-order valence-electron chi connectivity index (χ0n) is 4.54. The Bertz CT molecular complexity index is 161. The largest absolute Gasteiger partial charge is 0.110 e. The molecule has 0 aliphatic heterocycles. The number of allylic oxidation sites excluding steroid dienone is 3. The van der Waals surface area contributed by atoms with Crippen LogP contribution in [-0.2, 0) is 0 Å². The van der Waals surface area contributed by atoms with E-state index in [-0.39, 0.29) is 0 Å². The molecule has 1 aliphatic carbocycles. The van der Waals surface area contributed by atoms with Crippen LogP contribution in [0.5, 0.6) is 0 Å². The first-order valence-corrected chi connectivity index (χ1v) is 3.17. The first kappa shape index (κ1) is 6.18. The molecule has 44 valence electrons. The first-order valence-electron chi connectivity index (χ1n) is 2.41. The van der Waals surface area contributed by atoms with Crippen molar-refractivity contribution in [1.29, 1.82) is 0 Å². The quantitative estimate of drug-likeness (QED) is 0.496. The van der Waals surface area contributed by atoms with Gasteiger partial charge in [-0.05, 0) is 18.9 Å². The second-order valence-corrected chi connectivity index (χ2v) is 2.90. The average Bonchev–Trinajstić information content (AvgIpc) is 1.57. The minimum atomic E-state index is 0.413. The molecule has 0 saturated heterocycles. The Balaban J connectivity index is 2.73. The summed E-state index contributed by atoms with van der Waals surface area (Å²) < 4.78 is 0.413. The van der Waals surface area contributed by atoms with E-state index in [1.165, 1.54) is 5.57 Å². The van der Waals surface area contributed by atoms with Crippen molar-refractivity contribution < 1.29 is 0 Å². The lowest BCUT2D eigenvalue weighted by Crippen LogP contribution is -1.93. The summed E-state index contributed by atoms with van der Waals surface area (Å²) in [5, 5.41) is 0. The maximum atomic E-state index is 5.45. The van der Waals surface area contributed by atoms with Crippen molar-refractivity contribution in [3.8, 4) is 0 Å². The fourth-order valence-electron chi connectivity index (χ4n) is 0.690. The van der Waals surface area contributed by atoms with E-state index in [1.807, 2.05) is 6.08 Å². The fraction of sp³-hybridized carbons (Fsp3) is 0.333. The molecule has 1 rings (SSSR count). The van der Waals surface area contributed by atoms with Gasteiger partial charge in [0.25, 0.3) is 0 Å². The van der Waals surface area contributed by atoms with Crippen LogP contribution in [0.25, 0.3) is 0 Å². The summed E-state index contributed by atoms with van der Waals surface area (Å²) in [6.45, 7) is 2.06. The van der Waals surface area contributed by atoms with Crippen LogP contribution < -0.4 is 0 Å². The Morgan fingerprint density at radius 1 is 1.62 bits per heavy atom. The Morgan fingerprint density at radius 2 is 2.12 bits per heavy atom. The zero-order valence-corrected chi connectivity index (χ0v) is 6.05. The molecular weight excluding hydrogens is 143 g/mol. The van der Waals surface area contributed by atoms with Crippen LogP contribution in [0.2, 0.25) is 0 Å². The SMILES string of the molecule is CC1=CC(=C(Cl)Cl)C1. The second-order valence-electron chi connectivity index (χ2n) is 1.95. The maximum Gasteiger partial charge on any atom is 0.110 e. The van der Waals surface area contributed by atoms with Crippen LogP contribution in [0, 0.1) is 0 Å². The Labute approximate surface area is 58.8 Å². The van der Waals surface area contributed by atoms with E-state index in [1.54, 1.807) is 0 Å². The third-order valence-corrected chi connectivity index (χ3v) is 1.62. The van der Waals surface area contributed by atoms with Gasteiger partial charge in [-0.15, -0.1) is 0 Å². The molecular formula is C6H6Cl2. The molecule has 0 spiro atoms. The lowest BCUT2D eigenvalue weighted by atomic mass is 9.96. The van der Waals surface area contributed by atoms with Crippen LogP contribution in [-0.4, -0.2) is 0 Å². The van der Waals surface area contributed by atoms with Crippen molar-refractivity contribution in [2.24, 2.45) is 0 Å². The molecule has 8 heavy (non-hydrogen) atoms. The fourth-order valence-corrected chi connectivity index (χ4v) is 0.933. The van der Waals surface area contributed by atoms with E-state index in [0.717, 1.165) is 12.0 Å². The van der Waals surface area contributed by atoms with Crippen LogP contribution in [0.4, 0.5) is 0 Å². The Kier molecular flexibility index (Phi) is 1.64. The van der Waals surface area contributed by atoms with E-state index >= 15 is 0 Å². The predicted octanol–water partition coefficient (Wildman–Crippen LogP) is 3.03. The lowest BCUT2D eigenvalue weighted by molar-refractivity contribution is 1.06. The molecule has 0 aromatic heterocycles. The summed E-state index contributed by atoms with van der Waals surface area (Å²) in [7, 11) is 0. The minimum absolute atomic E-state index is 0.413. The van der Waals surface area contributed by atoms with Gasteiger partial charge in [0.1, 0.15) is 4.49 Å². The summed E-state index contributed by atoms with van der Waals surface area (Å²) in [6.07, 6.45) is 2.96. The monoisotopic (exact) mass is 148 g/mol. The van der Waals surface area contributed by atoms with Gasteiger partial charge in [0.15, 0.2) is 0 Å². The molecule has 0 N–H and O–H groups in total. The van der Waals surface area contributed by atoms with Crippen LogP contribution in [0.3, 0.4) is 0 Å². The van der Waals surface area contributed by atoms with Crippen molar-refractivity contribution in [2.45, 2.75) is 13.3 Å². The highest BCUT2D eigenvalue weighted by atomic mass is 35.5. The molecule has 0 aromatic rings. The molecule has 0 bridgehead atoms. The van der Waals surface area contributed by atoms with Crippen LogP contribution >= 0.6 is 23.2 Å². The van der Waals surface area contributed by atoms with Gasteiger partial charge in [-0.3, -0.25) is 0 Å². The highest BCUT2D eigenvalue weighted by Crippen LogP contribution is 2.30. The van der Waals surface area contributed by atoms with E-state index in [0.29, 0.717) is 4.49 Å². The van der Waals surface area contributed by atoms with Gasteiger partial charge in [0.05, 0.1) is 0 Å². The van der Waals surface area contributed by atoms with E-state index in [2.05, 4.69) is 6.92 Å². The van der Waals surface area contributed by atoms with Crippen LogP contribution in [0.15, 0.2) is 21.7 Å². The third-order valence-electron chi connectivity index (χ3n) is 1.13. The summed E-state index contributed by atoms with van der Waals surface area (Å²) in [5.41, 5.74) is 2.41. The topological polar surface area (TPSA) is 0 Å². The molecule has 0 atom stereocenters. The molecule has 0 nitrogen and oxygen atoms in total. The molecule has 0 amide bonds. The molecule has 2 heteroatoms. The summed E-state index contributed by atoms with van der Waals surface area (Å²) in [4.78, 5) is 0. The number of hydrogen-bond acceptors (Lipinski definition) is 0. The minimum Gasteiger partial charge on any atom is -0.0706 e. The van der Waals surface area contributed by atoms with Crippen molar-refractivity contribution in [3.63, 3.8) is 0 Å². The standard InChI is InChI=1S/C6H6Cl2/c1-4-2-5(3-4)6(7)8/h2H,3H2,1H3. The molecule has 0 radical (unpaired) electrons. The number of rotatable bonds is 0. The summed E-state index contributed by atoms with van der Waals surface area (Å²) >= 11 is 10.9. The Hall–Kier alpha value is 0.0600. The lowest BCUT2D eigenvalue weighted by Gasteiger charge is -2.13. The summed E-state index contributed by atoms with van der Waals surface area (Å²) in [5.74, 6) is 0. The first-order chi connectivity index (χ1) is 3.70. The van der Waals surface area contributed by atoms with Gasteiger partial charge < -0.3 is 0 Å². The van der Waals surface area contributed by atoms with E-state index in [9.17, 15) is 0 Å². The van der Waals surface area contributed by atoms with Crippen molar-refractivity contribution >= 4 is 23.2 Å². The molecule has 0 fully saturated rings. The molecule has 0 aromatic carbocycles. The zero-order chi connectivity index (χ0) is 6.15. The molecule has 0 heterocycles. The van der Waals surface area contributed by atoms with Crippen LogP contribution in [0.1, 0.15) is 13.3 Å². The highest BCUT2D eigenvalue weighted by Gasteiger charge is 2.09. The maximum absolute atomic E-state index is 5.45. The van der Waals surface area contributed by atoms with Gasteiger partial charge in [-0.1, -0.05) is 34.9 Å². The average molecular weight is 149 g/mol. The molecule has 1 aliphatic rings. The normalized spacial score (nSPS) is 17.4. The van der Waals surface area contributed by atoms with Crippen molar-refractivity contribution in [2.75, 3.05) is 0 Å². The summed E-state index contributed by atoms with van der Waals surface area (Å²) in [6, 6.07) is 0. The second kappa shape index (κ2) is 2.12. The number of hydrogen-bond donors (Lipinski definition) is 0. The third kappa shape index (κ3) is 1.07. The molecule has 0 saturated carbocycles. The van der Waals surface area contributed by atoms with Gasteiger partial charge in [-0.2, -0.15) is 0 Å². The van der Waals surface area contributed by atoms with Gasteiger partial charge in [-0.25, -0.2) is 0 Å². The predicted molar refractivity (Wildman–Crippen MR) is 37.1 cm³/mol. The van der Waals surface area contributed by atoms with Gasteiger partial charge in [0, 0.05) is 0 Å². The van der Waals surface area contributed by atoms with Gasteiger partial charge >= 0.3 is 0 Å². The van der Waals surface area contributed by atoms with Crippen molar-refractivity contribution in [3.05, 3.63) is 21.7 Å². The van der Waals surface area contributed by atoms with E-state index < -0.39 is 0 Å². The van der Waals surface area contributed by atoms with Crippen molar-refractivity contribution in [1.82, 2.24) is 0 Å². The number of halogens is 2.